The number of piperazine rings is 1. The van der Waals surface area contributed by atoms with E-state index in [0.29, 0.717) is 17.5 Å². The van der Waals surface area contributed by atoms with Gasteiger partial charge in [-0.3, -0.25) is 9.69 Å². The molecule has 4 rings (SSSR count). The Morgan fingerprint density at radius 2 is 1.85 bits per heavy atom. The van der Waals surface area contributed by atoms with Gasteiger partial charge in [-0.05, 0) is 37.1 Å². The van der Waals surface area contributed by atoms with Gasteiger partial charge in [-0.25, -0.2) is 4.98 Å². The number of anilines is 1. The van der Waals surface area contributed by atoms with Gasteiger partial charge in [0.2, 0.25) is 0 Å². The van der Waals surface area contributed by atoms with Crippen molar-refractivity contribution in [1.29, 1.82) is 0 Å². The number of aromatic nitrogens is 1. The fourth-order valence-corrected chi connectivity index (χ4v) is 3.65. The summed E-state index contributed by atoms with van der Waals surface area (Å²) >= 11 is 0. The number of carbonyl (C=O) groups is 1. The van der Waals surface area contributed by atoms with Crippen LogP contribution in [0.15, 0.2) is 34.9 Å². The summed E-state index contributed by atoms with van der Waals surface area (Å²) in [5.74, 6) is 0.878. The van der Waals surface area contributed by atoms with E-state index < -0.39 is 0 Å². The standard InChI is InChI=1S/C21H28N4O2/c1-2-24-10-12-25(13-11-24)14-16-6-8-18(9-7-16)22-20(26)19-15-27-21(23-19)17-4-3-5-17/h6-9,15,17H,2-5,10-14H2,1H3,(H,22,26). The second-order valence-electron chi connectivity index (χ2n) is 7.56. The Morgan fingerprint density at radius 3 is 2.48 bits per heavy atom. The molecule has 1 aliphatic heterocycles. The van der Waals surface area contributed by atoms with Gasteiger partial charge in [0.15, 0.2) is 11.6 Å². The minimum atomic E-state index is -0.215. The molecule has 2 fully saturated rings. The second-order valence-corrected chi connectivity index (χ2v) is 7.56. The van der Waals surface area contributed by atoms with Gasteiger partial charge in [0.25, 0.3) is 5.91 Å². The third-order valence-electron chi connectivity index (χ3n) is 5.74. The molecule has 1 saturated carbocycles. The Labute approximate surface area is 160 Å². The quantitative estimate of drug-likeness (QED) is 0.847. The van der Waals surface area contributed by atoms with Gasteiger partial charge in [0, 0.05) is 44.3 Å². The fourth-order valence-electron chi connectivity index (χ4n) is 3.65. The number of benzene rings is 1. The van der Waals surface area contributed by atoms with E-state index >= 15 is 0 Å². The summed E-state index contributed by atoms with van der Waals surface area (Å²) < 4.78 is 5.47. The molecule has 0 radical (unpaired) electrons. The van der Waals surface area contributed by atoms with Crippen molar-refractivity contribution in [3.05, 3.63) is 47.7 Å². The molecular weight excluding hydrogens is 340 g/mol. The summed E-state index contributed by atoms with van der Waals surface area (Å²) in [6, 6.07) is 8.10. The lowest BCUT2D eigenvalue weighted by Crippen LogP contribution is -2.45. The number of amides is 1. The maximum atomic E-state index is 12.4. The van der Waals surface area contributed by atoms with E-state index in [2.05, 4.69) is 39.2 Å². The Kier molecular flexibility index (Phi) is 5.55. The largest absolute Gasteiger partial charge is 0.448 e. The molecule has 1 aromatic carbocycles. The number of rotatable bonds is 6. The van der Waals surface area contributed by atoms with Crippen LogP contribution in [0.3, 0.4) is 0 Å². The number of likely N-dealkylation sites (N-methyl/N-ethyl adjacent to an activating group) is 1. The van der Waals surface area contributed by atoms with Crippen molar-refractivity contribution in [2.45, 2.75) is 38.6 Å². The number of oxazole rings is 1. The zero-order chi connectivity index (χ0) is 18.6. The highest BCUT2D eigenvalue weighted by atomic mass is 16.3. The van der Waals surface area contributed by atoms with Gasteiger partial charge in [-0.15, -0.1) is 0 Å². The number of nitrogens with one attached hydrogen (secondary N) is 1. The first-order valence-corrected chi connectivity index (χ1v) is 10.0. The van der Waals surface area contributed by atoms with Crippen LogP contribution in [0, 0.1) is 0 Å². The topological polar surface area (TPSA) is 61.6 Å². The number of nitrogens with zero attached hydrogens (tertiary/aromatic N) is 3. The van der Waals surface area contributed by atoms with Crippen LogP contribution in [-0.4, -0.2) is 53.4 Å². The Morgan fingerprint density at radius 1 is 1.15 bits per heavy atom. The molecule has 2 aliphatic rings. The zero-order valence-corrected chi connectivity index (χ0v) is 16.0. The highest BCUT2D eigenvalue weighted by Gasteiger charge is 2.25. The van der Waals surface area contributed by atoms with Crippen LogP contribution in [0.25, 0.3) is 0 Å². The summed E-state index contributed by atoms with van der Waals surface area (Å²) in [7, 11) is 0. The van der Waals surface area contributed by atoms with Crippen LogP contribution < -0.4 is 5.32 Å². The van der Waals surface area contributed by atoms with E-state index in [4.69, 9.17) is 4.42 Å². The Balaban J connectivity index is 1.29. The molecule has 0 atom stereocenters. The summed E-state index contributed by atoms with van der Waals surface area (Å²) in [5.41, 5.74) is 2.41. The monoisotopic (exact) mass is 368 g/mol. The van der Waals surface area contributed by atoms with Crippen molar-refractivity contribution in [2.75, 3.05) is 38.0 Å². The van der Waals surface area contributed by atoms with Crippen LogP contribution in [0.2, 0.25) is 0 Å². The fraction of sp³-hybridized carbons (Fsp3) is 0.524. The van der Waals surface area contributed by atoms with Crippen LogP contribution in [0.5, 0.6) is 0 Å². The third kappa shape index (κ3) is 4.39. The molecule has 0 unspecified atom stereocenters. The lowest BCUT2D eigenvalue weighted by molar-refractivity contribution is 0.102. The highest BCUT2D eigenvalue weighted by Crippen LogP contribution is 2.35. The highest BCUT2D eigenvalue weighted by molar-refractivity contribution is 6.02. The molecular formula is C21H28N4O2. The first-order chi connectivity index (χ1) is 13.2. The molecule has 1 N–H and O–H groups in total. The maximum absolute atomic E-state index is 12.4. The second kappa shape index (κ2) is 8.23. The molecule has 6 heteroatoms. The molecule has 0 spiro atoms. The summed E-state index contributed by atoms with van der Waals surface area (Å²) in [6.45, 7) is 8.82. The molecule has 0 bridgehead atoms. The van der Waals surface area contributed by atoms with E-state index in [9.17, 15) is 4.79 Å². The molecule has 2 aromatic rings. The van der Waals surface area contributed by atoms with Crippen molar-refractivity contribution in [3.63, 3.8) is 0 Å². The van der Waals surface area contributed by atoms with Crippen LogP contribution in [-0.2, 0) is 6.54 Å². The van der Waals surface area contributed by atoms with Crippen molar-refractivity contribution in [1.82, 2.24) is 14.8 Å². The molecule has 1 saturated heterocycles. The number of carbonyl (C=O) groups excluding carboxylic acids is 1. The van der Waals surface area contributed by atoms with Crippen LogP contribution in [0.4, 0.5) is 5.69 Å². The van der Waals surface area contributed by atoms with Crippen molar-refractivity contribution in [2.24, 2.45) is 0 Å². The van der Waals surface area contributed by atoms with Crippen molar-refractivity contribution >= 4 is 11.6 Å². The summed E-state index contributed by atoms with van der Waals surface area (Å²) in [4.78, 5) is 21.7. The van der Waals surface area contributed by atoms with Crippen molar-refractivity contribution < 1.29 is 9.21 Å². The minimum Gasteiger partial charge on any atom is -0.448 e. The molecule has 1 aromatic heterocycles. The van der Waals surface area contributed by atoms with Gasteiger partial charge >= 0.3 is 0 Å². The van der Waals surface area contributed by atoms with Crippen molar-refractivity contribution in [3.8, 4) is 0 Å². The Bertz CT molecular complexity index is 759. The molecule has 1 aliphatic carbocycles. The average molecular weight is 368 g/mol. The molecule has 144 valence electrons. The molecule has 27 heavy (non-hydrogen) atoms. The zero-order valence-electron chi connectivity index (χ0n) is 16.0. The molecule has 2 heterocycles. The minimum absolute atomic E-state index is 0.215. The van der Waals surface area contributed by atoms with Gasteiger partial charge < -0.3 is 14.6 Å². The van der Waals surface area contributed by atoms with Gasteiger partial charge in [0.05, 0.1) is 0 Å². The third-order valence-corrected chi connectivity index (χ3v) is 5.74. The summed E-state index contributed by atoms with van der Waals surface area (Å²) in [5, 5.41) is 2.91. The predicted molar refractivity (Wildman–Crippen MR) is 105 cm³/mol. The van der Waals surface area contributed by atoms with Gasteiger partial charge in [0.1, 0.15) is 6.26 Å². The summed E-state index contributed by atoms with van der Waals surface area (Å²) in [6.07, 6.45) is 4.90. The average Bonchev–Trinajstić information content (AvgIpc) is 3.12. The predicted octanol–water partition coefficient (Wildman–Crippen LogP) is 3.33. The SMILES string of the molecule is CCN1CCN(Cc2ccc(NC(=O)c3coc(C4CCC4)n3)cc2)CC1. The van der Waals surface area contributed by atoms with E-state index in [1.807, 2.05) is 12.1 Å². The van der Waals surface area contributed by atoms with E-state index in [-0.39, 0.29) is 5.91 Å². The van der Waals surface area contributed by atoms with E-state index in [1.165, 1.54) is 18.2 Å². The first-order valence-electron chi connectivity index (χ1n) is 10.0. The van der Waals surface area contributed by atoms with Crippen LogP contribution >= 0.6 is 0 Å². The van der Waals surface area contributed by atoms with E-state index in [1.54, 1.807) is 0 Å². The first kappa shape index (κ1) is 18.2. The smallest absolute Gasteiger partial charge is 0.277 e. The van der Waals surface area contributed by atoms with Crippen LogP contribution in [0.1, 0.15) is 54.0 Å². The normalized spacial score (nSPS) is 19.0. The lowest BCUT2D eigenvalue weighted by atomic mass is 9.85. The van der Waals surface area contributed by atoms with Gasteiger partial charge in [-0.2, -0.15) is 0 Å². The number of hydrogen-bond donors (Lipinski definition) is 1. The number of hydrogen-bond acceptors (Lipinski definition) is 5. The maximum Gasteiger partial charge on any atom is 0.277 e. The molecule has 6 nitrogen and oxygen atoms in total. The lowest BCUT2D eigenvalue weighted by Gasteiger charge is -2.34. The van der Waals surface area contributed by atoms with E-state index in [0.717, 1.165) is 57.8 Å². The van der Waals surface area contributed by atoms with Gasteiger partial charge in [-0.1, -0.05) is 25.5 Å². The molecule has 1 amide bonds. The Hall–Kier alpha value is -2.18.